The Labute approximate surface area is 80.2 Å². The number of fused-ring (bicyclic) bond motifs is 1. The zero-order chi connectivity index (χ0) is 9.42. The Morgan fingerprint density at radius 2 is 2.23 bits per heavy atom. The van der Waals surface area contributed by atoms with E-state index in [4.69, 9.17) is 11.0 Å². The second-order valence-corrected chi connectivity index (χ2v) is 3.98. The minimum absolute atomic E-state index is 0.748. The molecule has 0 spiro atoms. The van der Waals surface area contributed by atoms with E-state index in [1.807, 2.05) is 25.1 Å². The van der Waals surface area contributed by atoms with Gasteiger partial charge in [-0.15, -0.1) is 11.3 Å². The average Bonchev–Trinajstić information content (AvgIpc) is 2.42. The molecule has 3 heteroatoms. The smallest absolute Gasteiger partial charge is 0.110 e. The van der Waals surface area contributed by atoms with Crippen molar-refractivity contribution in [2.45, 2.75) is 6.92 Å². The van der Waals surface area contributed by atoms with Crippen molar-refractivity contribution in [3.63, 3.8) is 0 Å². The first kappa shape index (κ1) is 8.09. The number of nitrogen functional groups attached to an aromatic ring is 1. The van der Waals surface area contributed by atoms with Gasteiger partial charge < -0.3 is 5.73 Å². The van der Waals surface area contributed by atoms with Crippen LogP contribution in [0.5, 0.6) is 0 Å². The number of thiophene rings is 1. The van der Waals surface area contributed by atoms with E-state index in [-0.39, 0.29) is 0 Å². The molecule has 2 aromatic rings. The van der Waals surface area contributed by atoms with Crippen molar-refractivity contribution in [2.75, 3.05) is 5.73 Å². The van der Waals surface area contributed by atoms with Gasteiger partial charge in [0.15, 0.2) is 0 Å². The van der Waals surface area contributed by atoms with Gasteiger partial charge in [-0.1, -0.05) is 6.07 Å². The Balaban J connectivity index is 2.86. The highest BCUT2D eigenvalue weighted by Gasteiger charge is 2.06. The summed E-state index contributed by atoms with van der Waals surface area (Å²) in [4.78, 5) is 0.778. The number of benzene rings is 1. The summed E-state index contributed by atoms with van der Waals surface area (Å²) >= 11 is 1.50. The fourth-order valence-electron chi connectivity index (χ4n) is 1.35. The first-order valence-corrected chi connectivity index (χ1v) is 4.73. The molecule has 1 aromatic heterocycles. The minimum atomic E-state index is 0.748. The van der Waals surface area contributed by atoms with E-state index in [0.29, 0.717) is 0 Å². The Morgan fingerprint density at radius 3 is 2.92 bits per heavy atom. The molecule has 2 N–H and O–H groups in total. The molecule has 1 aromatic carbocycles. The maximum absolute atomic E-state index is 8.82. The molecule has 0 fully saturated rings. The van der Waals surface area contributed by atoms with Crippen LogP contribution in [0.4, 0.5) is 5.69 Å². The Bertz CT molecular complexity index is 505. The van der Waals surface area contributed by atoms with E-state index in [1.165, 1.54) is 11.3 Å². The molecule has 0 amide bonds. The zero-order valence-corrected chi connectivity index (χ0v) is 7.98. The number of hydrogen-bond donors (Lipinski definition) is 1. The summed E-state index contributed by atoms with van der Waals surface area (Å²) in [6, 6.07) is 7.93. The summed E-state index contributed by atoms with van der Waals surface area (Å²) in [6.45, 7) is 1.97. The number of rotatable bonds is 0. The van der Waals surface area contributed by atoms with Crippen molar-refractivity contribution in [3.05, 3.63) is 28.6 Å². The topological polar surface area (TPSA) is 49.8 Å². The van der Waals surface area contributed by atoms with Gasteiger partial charge in [-0.2, -0.15) is 5.26 Å². The van der Waals surface area contributed by atoms with Crippen molar-refractivity contribution in [2.24, 2.45) is 0 Å². The highest BCUT2D eigenvalue weighted by molar-refractivity contribution is 7.19. The highest BCUT2D eigenvalue weighted by Crippen LogP contribution is 2.31. The molecule has 13 heavy (non-hydrogen) atoms. The molecule has 64 valence electrons. The molecule has 0 unspecified atom stereocenters. The highest BCUT2D eigenvalue weighted by atomic mass is 32.1. The lowest BCUT2D eigenvalue weighted by Gasteiger charge is -1.92. The third-order valence-electron chi connectivity index (χ3n) is 2.06. The van der Waals surface area contributed by atoms with E-state index in [1.54, 1.807) is 0 Å². The number of anilines is 1. The molecule has 2 nitrogen and oxygen atoms in total. The van der Waals surface area contributed by atoms with E-state index < -0.39 is 0 Å². The van der Waals surface area contributed by atoms with Gasteiger partial charge in [0.2, 0.25) is 0 Å². The Hall–Kier alpha value is -1.53. The van der Waals surface area contributed by atoms with Gasteiger partial charge in [-0.05, 0) is 30.0 Å². The SMILES string of the molecule is Cc1c(C#N)sc2cc(N)ccc12. The van der Waals surface area contributed by atoms with Crippen LogP contribution in [0.3, 0.4) is 0 Å². The van der Waals surface area contributed by atoms with Crippen molar-refractivity contribution < 1.29 is 0 Å². The zero-order valence-electron chi connectivity index (χ0n) is 7.16. The fourth-order valence-corrected chi connectivity index (χ4v) is 2.40. The van der Waals surface area contributed by atoms with Gasteiger partial charge in [-0.25, -0.2) is 0 Å². The fraction of sp³-hybridized carbons (Fsp3) is 0.100. The van der Waals surface area contributed by atoms with Crippen LogP contribution in [-0.2, 0) is 0 Å². The molecule has 0 saturated carbocycles. The molecular weight excluding hydrogens is 180 g/mol. The number of hydrogen-bond acceptors (Lipinski definition) is 3. The minimum Gasteiger partial charge on any atom is -0.399 e. The predicted octanol–water partition coefficient (Wildman–Crippen LogP) is 2.66. The molecule has 0 aliphatic rings. The van der Waals surface area contributed by atoms with Crippen LogP contribution in [0.2, 0.25) is 0 Å². The largest absolute Gasteiger partial charge is 0.399 e. The lowest BCUT2D eigenvalue weighted by Crippen LogP contribution is -1.81. The van der Waals surface area contributed by atoms with Crippen LogP contribution < -0.4 is 5.73 Å². The van der Waals surface area contributed by atoms with E-state index >= 15 is 0 Å². The monoisotopic (exact) mass is 188 g/mol. The molecule has 0 bridgehead atoms. The molecule has 0 aliphatic heterocycles. The van der Waals surface area contributed by atoms with Crippen LogP contribution in [0.15, 0.2) is 18.2 Å². The van der Waals surface area contributed by atoms with Crippen LogP contribution in [0.1, 0.15) is 10.4 Å². The Kier molecular flexibility index (Phi) is 1.71. The summed E-state index contributed by atoms with van der Waals surface area (Å²) in [5.41, 5.74) is 7.45. The van der Waals surface area contributed by atoms with Crippen molar-refractivity contribution >= 4 is 27.1 Å². The standard InChI is InChI=1S/C10H8N2S/c1-6-8-3-2-7(12)4-9(8)13-10(6)5-11/h2-4H,12H2,1H3. The number of nitrogens with zero attached hydrogens (tertiary/aromatic N) is 1. The predicted molar refractivity (Wildman–Crippen MR) is 55.7 cm³/mol. The number of nitriles is 1. The van der Waals surface area contributed by atoms with Crippen molar-refractivity contribution in [1.29, 1.82) is 5.26 Å². The van der Waals surface area contributed by atoms with Crippen LogP contribution >= 0.6 is 11.3 Å². The molecule has 0 atom stereocenters. The van der Waals surface area contributed by atoms with Crippen molar-refractivity contribution in [1.82, 2.24) is 0 Å². The molecule has 0 radical (unpaired) electrons. The first-order valence-electron chi connectivity index (χ1n) is 3.91. The van der Waals surface area contributed by atoms with Gasteiger partial charge in [0, 0.05) is 10.4 Å². The van der Waals surface area contributed by atoms with Crippen LogP contribution in [0, 0.1) is 18.3 Å². The van der Waals surface area contributed by atoms with E-state index in [0.717, 1.165) is 26.2 Å². The summed E-state index contributed by atoms with van der Waals surface area (Å²) in [5, 5.41) is 9.95. The Morgan fingerprint density at radius 1 is 1.46 bits per heavy atom. The molecule has 2 rings (SSSR count). The summed E-state index contributed by atoms with van der Waals surface area (Å²) in [7, 11) is 0. The molecule has 1 heterocycles. The summed E-state index contributed by atoms with van der Waals surface area (Å²) in [6.07, 6.45) is 0. The average molecular weight is 188 g/mol. The normalized spacial score (nSPS) is 10.2. The third kappa shape index (κ3) is 1.16. The quantitative estimate of drug-likeness (QED) is 0.646. The molecular formula is C10H8N2S. The van der Waals surface area contributed by atoms with E-state index in [9.17, 15) is 0 Å². The van der Waals surface area contributed by atoms with Crippen LogP contribution in [0.25, 0.3) is 10.1 Å². The second-order valence-electron chi connectivity index (χ2n) is 2.92. The van der Waals surface area contributed by atoms with E-state index in [2.05, 4.69) is 6.07 Å². The number of aryl methyl sites for hydroxylation is 1. The second kappa shape index (κ2) is 2.75. The van der Waals surface area contributed by atoms with Gasteiger partial charge in [-0.3, -0.25) is 0 Å². The van der Waals surface area contributed by atoms with Gasteiger partial charge in [0.05, 0.1) is 0 Å². The maximum Gasteiger partial charge on any atom is 0.110 e. The van der Waals surface area contributed by atoms with Crippen molar-refractivity contribution in [3.8, 4) is 6.07 Å². The molecule has 0 aliphatic carbocycles. The lowest BCUT2D eigenvalue weighted by molar-refractivity contribution is 1.48. The summed E-state index contributed by atoms with van der Waals surface area (Å²) in [5.74, 6) is 0. The maximum atomic E-state index is 8.82. The summed E-state index contributed by atoms with van der Waals surface area (Å²) < 4.78 is 1.09. The van der Waals surface area contributed by atoms with Gasteiger partial charge in [0.1, 0.15) is 10.9 Å². The van der Waals surface area contributed by atoms with Gasteiger partial charge in [0.25, 0.3) is 0 Å². The number of nitrogens with two attached hydrogens (primary N) is 1. The molecule has 0 saturated heterocycles. The lowest BCUT2D eigenvalue weighted by atomic mass is 10.1. The third-order valence-corrected chi connectivity index (χ3v) is 3.22. The van der Waals surface area contributed by atoms with Gasteiger partial charge >= 0.3 is 0 Å². The van der Waals surface area contributed by atoms with Crippen LogP contribution in [-0.4, -0.2) is 0 Å². The first-order chi connectivity index (χ1) is 6.22.